The number of nitrogens with one attached hydrogen (secondary N) is 1. The molecule has 1 unspecified atom stereocenters. The summed E-state index contributed by atoms with van der Waals surface area (Å²) in [4.78, 5) is 11.1. The Hall–Kier alpha value is -0.860. The Kier molecular flexibility index (Phi) is 12.9. The zero-order chi connectivity index (χ0) is 28.6. The van der Waals surface area contributed by atoms with E-state index in [9.17, 15) is 35.4 Å². The van der Waals surface area contributed by atoms with E-state index in [2.05, 4.69) is 5.32 Å². The van der Waals surface area contributed by atoms with Gasteiger partial charge in [-0.3, -0.25) is 0 Å². The highest BCUT2D eigenvalue weighted by Gasteiger charge is 2.52. The number of hydrogen-bond donors (Lipinski definition) is 9. The molecule has 3 rings (SSSR count). The molecule has 0 aromatic rings. The molecule has 2 heterocycles. The Morgan fingerprint density at radius 3 is 2.15 bits per heavy atom. The minimum atomic E-state index is -1.80. The maximum Gasteiger partial charge on any atom is 0.404 e. The number of hydrogen-bond acceptors (Lipinski definition) is 15. The molecule has 1 aliphatic carbocycles. The Morgan fingerprint density at radius 2 is 1.51 bits per heavy atom. The summed E-state index contributed by atoms with van der Waals surface area (Å²) >= 11 is 4.73. The van der Waals surface area contributed by atoms with Crippen molar-refractivity contribution in [3.8, 4) is 0 Å². The van der Waals surface area contributed by atoms with Gasteiger partial charge in [-0.05, 0) is 12.8 Å². The van der Waals surface area contributed by atoms with Crippen LogP contribution in [0.5, 0.6) is 0 Å². The molecular formula is C23H42N2O13S. The summed E-state index contributed by atoms with van der Waals surface area (Å²) in [7, 11) is 0. The van der Waals surface area contributed by atoms with Crippen molar-refractivity contribution < 1.29 is 63.9 Å². The predicted molar refractivity (Wildman–Crippen MR) is 134 cm³/mol. The first-order valence-electron chi connectivity index (χ1n) is 13.1. The number of carbonyl (C=O) groups is 1. The van der Waals surface area contributed by atoms with E-state index in [0.717, 1.165) is 25.7 Å². The van der Waals surface area contributed by atoms with Crippen LogP contribution >= 0.6 is 12.6 Å². The molecule has 3 aliphatic rings. The number of carbonyl (C=O) groups excluding carboxylic acids is 1. The third kappa shape index (κ3) is 8.81. The highest BCUT2D eigenvalue weighted by Crippen LogP contribution is 2.32. The number of rotatable bonds is 13. The maximum atomic E-state index is 11.3. The molecule has 15 nitrogen and oxygen atoms in total. The maximum absolute atomic E-state index is 11.3. The SMILES string of the molecule is NC(=O)O[C@H]1[C@H](O)[C@@H](O[C@@H]2C(OCCOCCNC3(S)CCCCC3)O[C@@H](CO)[C@@H](O)[C@@H]2O)O[C@H](CO)[C@H]1O. The average molecular weight is 587 g/mol. The zero-order valence-corrected chi connectivity index (χ0v) is 22.5. The number of amides is 1. The van der Waals surface area contributed by atoms with E-state index in [1.165, 1.54) is 6.42 Å². The molecule has 0 bridgehead atoms. The number of primary amides is 1. The summed E-state index contributed by atoms with van der Waals surface area (Å²) in [5, 5.41) is 64.4. The average Bonchev–Trinajstić information content (AvgIpc) is 2.91. The number of thiol groups is 1. The third-order valence-corrected chi connectivity index (χ3v) is 7.69. The first-order chi connectivity index (χ1) is 18.6. The molecule has 228 valence electrons. The number of nitrogens with two attached hydrogens (primary N) is 1. The van der Waals surface area contributed by atoms with E-state index in [1.807, 2.05) is 0 Å². The van der Waals surface area contributed by atoms with Gasteiger partial charge in [-0.1, -0.05) is 19.3 Å². The fraction of sp³-hybridized carbons (Fsp3) is 0.957. The first kappa shape index (κ1) is 32.7. The summed E-state index contributed by atoms with van der Waals surface area (Å²) in [5.41, 5.74) is 5.02. The van der Waals surface area contributed by atoms with E-state index in [0.29, 0.717) is 13.2 Å². The second-order valence-corrected chi connectivity index (χ2v) is 10.8. The van der Waals surface area contributed by atoms with Gasteiger partial charge in [0.05, 0.1) is 37.9 Å². The monoisotopic (exact) mass is 586 g/mol. The van der Waals surface area contributed by atoms with Gasteiger partial charge in [-0.25, -0.2) is 4.79 Å². The van der Waals surface area contributed by atoms with E-state index >= 15 is 0 Å². The minimum Gasteiger partial charge on any atom is -0.441 e. The van der Waals surface area contributed by atoms with Gasteiger partial charge >= 0.3 is 6.09 Å². The van der Waals surface area contributed by atoms with E-state index in [4.69, 9.17) is 46.8 Å². The standard InChI is InChI=1S/C23H42N2O13S/c24-22(32)38-18-15(29)13(11-27)35-20(17(18)31)37-19-16(30)14(28)12(10-26)36-21(19)34-9-8-33-7-6-25-23(39)4-2-1-3-5-23/h12-21,25-31,39H,1-11H2,(H2,24,32)/t12-,13+,14+,15+,16-,17-,18+,19-,20+,21?/m0/s1. The molecule has 10 atom stereocenters. The molecule has 0 spiro atoms. The van der Waals surface area contributed by atoms with Crippen molar-refractivity contribution >= 4 is 18.7 Å². The van der Waals surface area contributed by atoms with Gasteiger partial charge in [0.15, 0.2) is 18.7 Å². The van der Waals surface area contributed by atoms with Gasteiger partial charge in [0.2, 0.25) is 0 Å². The van der Waals surface area contributed by atoms with Crippen molar-refractivity contribution in [2.75, 3.05) is 39.6 Å². The van der Waals surface area contributed by atoms with Crippen LogP contribution in [0, 0.1) is 0 Å². The Bertz CT molecular complexity index is 749. The zero-order valence-electron chi connectivity index (χ0n) is 21.6. The fourth-order valence-electron chi connectivity index (χ4n) is 4.92. The second-order valence-electron chi connectivity index (χ2n) is 9.92. The summed E-state index contributed by atoms with van der Waals surface area (Å²) in [6.07, 6.45) is -11.2. The largest absolute Gasteiger partial charge is 0.441 e. The molecule has 1 amide bonds. The van der Waals surface area contributed by atoms with Crippen LogP contribution in [0.2, 0.25) is 0 Å². The van der Waals surface area contributed by atoms with Crippen LogP contribution in [0.3, 0.4) is 0 Å². The number of aliphatic hydroxyl groups is 6. The van der Waals surface area contributed by atoms with Crippen LogP contribution in [0.15, 0.2) is 0 Å². The van der Waals surface area contributed by atoms with Gasteiger partial charge in [-0.2, -0.15) is 12.6 Å². The van der Waals surface area contributed by atoms with Crippen LogP contribution < -0.4 is 11.1 Å². The smallest absolute Gasteiger partial charge is 0.404 e. The Balaban J connectivity index is 1.55. The summed E-state index contributed by atoms with van der Waals surface area (Å²) in [5.74, 6) is 0. The van der Waals surface area contributed by atoms with Gasteiger partial charge in [0, 0.05) is 6.54 Å². The molecular weight excluding hydrogens is 544 g/mol. The van der Waals surface area contributed by atoms with Crippen molar-refractivity contribution in [2.45, 2.75) is 98.4 Å². The van der Waals surface area contributed by atoms with Crippen molar-refractivity contribution in [1.29, 1.82) is 0 Å². The number of aliphatic hydroxyl groups excluding tert-OH is 6. The molecule has 2 aliphatic heterocycles. The fourth-order valence-corrected chi connectivity index (χ4v) is 5.35. The highest BCUT2D eigenvalue weighted by atomic mass is 32.1. The predicted octanol–water partition coefficient (Wildman–Crippen LogP) is -3.07. The van der Waals surface area contributed by atoms with E-state index < -0.39 is 80.7 Å². The molecule has 39 heavy (non-hydrogen) atoms. The molecule has 1 saturated carbocycles. The summed E-state index contributed by atoms with van der Waals surface area (Å²) in [6, 6.07) is 0. The highest BCUT2D eigenvalue weighted by molar-refractivity contribution is 7.81. The van der Waals surface area contributed by atoms with Crippen LogP contribution in [-0.2, 0) is 28.4 Å². The normalized spacial score (nSPS) is 38.8. The third-order valence-electron chi connectivity index (χ3n) is 7.08. The van der Waals surface area contributed by atoms with Crippen molar-refractivity contribution in [2.24, 2.45) is 5.73 Å². The first-order valence-corrected chi connectivity index (χ1v) is 13.6. The van der Waals surface area contributed by atoms with Crippen molar-refractivity contribution in [3.05, 3.63) is 0 Å². The van der Waals surface area contributed by atoms with Crippen molar-refractivity contribution in [1.82, 2.24) is 5.32 Å². The van der Waals surface area contributed by atoms with Gasteiger partial charge in [-0.15, -0.1) is 0 Å². The summed E-state index contributed by atoms with van der Waals surface area (Å²) in [6.45, 7) is -0.245. The van der Waals surface area contributed by atoms with Crippen LogP contribution in [-0.4, -0.2) is 143 Å². The van der Waals surface area contributed by atoms with Crippen molar-refractivity contribution in [3.63, 3.8) is 0 Å². The van der Waals surface area contributed by atoms with Gasteiger partial charge in [0.1, 0.15) is 42.7 Å². The lowest BCUT2D eigenvalue weighted by Crippen LogP contribution is -2.65. The lowest BCUT2D eigenvalue weighted by Gasteiger charge is -2.46. The molecule has 0 radical (unpaired) electrons. The van der Waals surface area contributed by atoms with Crippen LogP contribution in [0.1, 0.15) is 32.1 Å². The number of ether oxygens (including phenoxy) is 6. The lowest BCUT2D eigenvalue weighted by atomic mass is 9.95. The molecule has 0 aromatic carbocycles. The van der Waals surface area contributed by atoms with E-state index in [-0.39, 0.29) is 18.1 Å². The van der Waals surface area contributed by atoms with E-state index in [1.54, 1.807) is 0 Å². The Labute approximate surface area is 231 Å². The molecule has 2 saturated heterocycles. The molecule has 9 N–H and O–H groups in total. The summed E-state index contributed by atoms with van der Waals surface area (Å²) < 4.78 is 32.7. The Morgan fingerprint density at radius 1 is 0.872 bits per heavy atom. The van der Waals surface area contributed by atoms with Crippen LogP contribution in [0.25, 0.3) is 0 Å². The topological polar surface area (TPSA) is 232 Å². The quantitative estimate of drug-likeness (QED) is 0.0592. The van der Waals surface area contributed by atoms with Gasteiger partial charge < -0.3 is 70.1 Å². The van der Waals surface area contributed by atoms with Crippen LogP contribution in [0.4, 0.5) is 4.79 Å². The van der Waals surface area contributed by atoms with Gasteiger partial charge in [0.25, 0.3) is 0 Å². The second kappa shape index (κ2) is 15.4. The minimum absolute atomic E-state index is 0.0169. The molecule has 0 aromatic heterocycles. The molecule has 3 fully saturated rings. The lowest BCUT2D eigenvalue weighted by molar-refractivity contribution is -0.367. The molecule has 16 heteroatoms.